The molecular weight excluding hydrogens is 301 g/mol. The maximum absolute atomic E-state index is 12.7. The second-order valence-electron chi connectivity index (χ2n) is 4.71. The molecule has 112 valence electrons. The molecule has 1 aromatic heterocycles. The molecule has 1 N–H and O–H groups in total. The fourth-order valence-corrected chi connectivity index (χ4v) is 3.02. The van der Waals surface area contributed by atoms with Crippen LogP contribution in [-0.4, -0.2) is 24.7 Å². The maximum atomic E-state index is 12.7. The minimum Gasteiger partial charge on any atom is -0.368 e. The smallest absolute Gasteiger partial charge is 0.368 e. The molecule has 2 aromatic rings. The van der Waals surface area contributed by atoms with Gasteiger partial charge in [-0.15, -0.1) is 11.3 Å². The van der Waals surface area contributed by atoms with Crippen LogP contribution in [0.2, 0.25) is 0 Å². The van der Waals surface area contributed by atoms with E-state index in [1.165, 1.54) is 17.4 Å². The van der Waals surface area contributed by atoms with Crippen LogP contribution in [0.5, 0.6) is 0 Å². The van der Waals surface area contributed by atoms with E-state index in [9.17, 15) is 13.2 Å². The molecule has 1 atom stereocenters. The second kappa shape index (κ2) is 5.75. The minimum atomic E-state index is -4.34. The summed E-state index contributed by atoms with van der Waals surface area (Å²) in [4.78, 5) is 4.41. The minimum absolute atomic E-state index is 0.122. The molecule has 1 saturated heterocycles. The summed E-state index contributed by atoms with van der Waals surface area (Å²) in [5.41, 5.74) is 0.358. The van der Waals surface area contributed by atoms with Crippen LogP contribution in [0.1, 0.15) is 16.7 Å². The molecule has 0 bridgehead atoms. The molecule has 0 radical (unpaired) electrons. The van der Waals surface area contributed by atoms with Gasteiger partial charge in [0.1, 0.15) is 11.1 Å². The van der Waals surface area contributed by atoms with Crippen molar-refractivity contribution in [2.24, 2.45) is 0 Å². The zero-order valence-corrected chi connectivity index (χ0v) is 11.8. The average molecular weight is 314 g/mol. The Morgan fingerprint density at radius 1 is 1.33 bits per heavy atom. The van der Waals surface area contributed by atoms with E-state index in [4.69, 9.17) is 4.74 Å². The topological polar surface area (TPSA) is 34.1 Å². The third-order valence-corrected chi connectivity index (χ3v) is 4.15. The first-order valence-corrected chi connectivity index (χ1v) is 7.37. The summed E-state index contributed by atoms with van der Waals surface area (Å²) >= 11 is 1.41. The largest absolute Gasteiger partial charge is 0.416 e. The Bertz CT molecular complexity index is 621. The number of nitrogens with one attached hydrogen (secondary N) is 1. The van der Waals surface area contributed by atoms with Gasteiger partial charge in [-0.3, -0.25) is 0 Å². The Labute approximate surface area is 123 Å². The SMILES string of the molecule is FC(F)(F)c1cccc(-c2csc(C3CNCCO3)n2)c1. The summed E-state index contributed by atoms with van der Waals surface area (Å²) in [6.07, 6.45) is -4.46. The number of benzene rings is 1. The second-order valence-corrected chi connectivity index (χ2v) is 5.60. The summed E-state index contributed by atoms with van der Waals surface area (Å²) in [7, 11) is 0. The Morgan fingerprint density at radius 3 is 2.90 bits per heavy atom. The molecule has 3 nitrogen and oxygen atoms in total. The maximum Gasteiger partial charge on any atom is 0.416 e. The molecule has 1 aliphatic rings. The monoisotopic (exact) mass is 314 g/mol. The van der Waals surface area contributed by atoms with E-state index < -0.39 is 11.7 Å². The van der Waals surface area contributed by atoms with E-state index in [0.717, 1.165) is 23.7 Å². The van der Waals surface area contributed by atoms with Gasteiger partial charge < -0.3 is 10.1 Å². The number of nitrogens with zero attached hydrogens (tertiary/aromatic N) is 1. The van der Waals surface area contributed by atoms with Crippen molar-refractivity contribution in [2.75, 3.05) is 19.7 Å². The van der Waals surface area contributed by atoms with E-state index in [-0.39, 0.29) is 6.10 Å². The van der Waals surface area contributed by atoms with Crippen molar-refractivity contribution in [1.82, 2.24) is 10.3 Å². The number of ether oxygens (including phenoxy) is 1. The molecule has 0 spiro atoms. The third kappa shape index (κ3) is 3.25. The van der Waals surface area contributed by atoms with Crippen LogP contribution in [0.15, 0.2) is 29.6 Å². The van der Waals surface area contributed by atoms with Crippen LogP contribution in [0.4, 0.5) is 13.2 Å². The lowest BCUT2D eigenvalue weighted by Crippen LogP contribution is -2.33. The van der Waals surface area contributed by atoms with Crippen LogP contribution in [0.3, 0.4) is 0 Å². The van der Waals surface area contributed by atoms with E-state index >= 15 is 0 Å². The van der Waals surface area contributed by atoms with Crippen molar-refractivity contribution >= 4 is 11.3 Å². The number of halogens is 3. The van der Waals surface area contributed by atoms with Crippen molar-refractivity contribution in [1.29, 1.82) is 0 Å². The molecule has 1 fully saturated rings. The molecule has 1 unspecified atom stereocenters. The Hall–Kier alpha value is -1.44. The summed E-state index contributed by atoms with van der Waals surface area (Å²) in [5.74, 6) is 0. The first-order valence-electron chi connectivity index (χ1n) is 6.49. The van der Waals surface area contributed by atoms with Gasteiger partial charge in [0, 0.05) is 24.0 Å². The lowest BCUT2D eigenvalue weighted by molar-refractivity contribution is -0.137. The predicted octanol–water partition coefficient (Wildman–Crippen LogP) is 3.49. The number of alkyl halides is 3. The fourth-order valence-electron chi connectivity index (χ4n) is 2.15. The summed E-state index contributed by atoms with van der Waals surface area (Å²) < 4.78 is 43.8. The molecule has 1 aromatic carbocycles. The molecule has 21 heavy (non-hydrogen) atoms. The number of hydrogen-bond donors (Lipinski definition) is 1. The van der Waals surface area contributed by atoms with Gasteiger partial charge in [-0.25, -0.2) is 4.98 Å². The molecule has 0 saturated carbocycles. The molecular formula is C14H13F3N2OS. The van der Waals surface area contributed by atoms with Gasteiger partial charge in [-0.05, 0) is 12.1 Å². The van der Waals surface area contributed by atoms with E-state index in [1.54, 1.807) is 11.4 Å². The molecule has 0 aliphatic carbocycles. The third-order valence-electron chi connectivity index (χ3n) is 3.21. The van der Waals surface area contributed by atoms with Crippen molar-refractivity contribution in [2.45, 2.75) is 12.3 Å². The Morgan fingerprint density at radius 2 is 2.19 bits per heavy atom. The summed E-state index contributed by atoms with van der Waals surface area (Å²) in [5, 5.41) is 5.76. The highest BCUT2D eigenvalue weighted by molar-refractivity contribution is 7.10. The van der Waals surface area contributed by atoms with E-state index in [0.29, 0.717) is 24.4 Å². The van der Waals surface area contributed by atoms with Crippen LogP contribution in [0.25, 0.3) is 11.3 Å². The molecule has 0 amide bonds. The highest BCUT2D eigenvalue weighted by atomic mass is 32.1. The number of morpholine rings is 1. The Balaban J connectivity index is 1.86. The van der Waals surface area contributed by atoms with E-state index in [1.807, 2.05) is 0 Å². The normalized spacial score (nSPS) is 19.7. The fraction of sp³-hybridized carbons (Fsp3) is 0.357. The van der Waals surface area contributed by atoms with Gasteiger partial charge in [0.2, 0.25) is 0 Å². The average Bonchev–Trinajstić information content (AvgIpc) is 2.97. The quantitative estimate of drug-likeness (QED) is 0.921. The standard InChI is InChI=1S/C14H13F3N2OS/c15-14(16,17)10-3-1-2-9(6-10)11-8-21-13(19-11)12-7-18-4-5-20-12/h1-3,6,8,12,18H,4-5,7H2. The van der Waals surface area contributed by atoms with Crippen molar-refractivity contribution in [3.63, 3.8) is 0 Å². The van der Waals surface area contributed by atoms with E-state index in [2.05, 4.69) is 10.3 Å². The predicted molar refractivity (Wildman–Crippen MR) is 74.1 cm³/mol. The van der Waals surface area contributed by atoms with Crippen LogP contribution < -0.4 is 5.32 Å². The zero-order valence-electron chi connectivity index (χ0n) is 11.0. The van der Waals surface area contributed by atoms with Gasteiger partial charge in [0.25, 0.3) is 0 Å². The highest BCUT2D eigenvalue weighted by Gasteiger charge is 2.30. The lowest BCUT2D eigenvalue weighted by Gasteiger charge is -2.21. The number of thiazole rings is 1. The van der Waals surface area contributed by atoms with Gasteiger partial charge in [0.05, 0.1) is 17.9 Å². The van der Waals surface area contributed by atoms with Crippen molar-refractivity contribution in [3.8, 4) is 11.3 Å². The molecule has 7 heteroatoms. The first kappa shape index (κ1) is 14.5. The molecule has 3 rings (SSSR count). The van der Waals surface area contributed by atoms with Gasteiger partial charge >= 0.3 is 6.18 Å². The van der Waals surface area contributed by atoms with Crippen molar-refractivity contribution in [3.05, 3.63) is 40.2 Å². The van der Waals surface area contributed by atoms with Crippen LogP contribution in [0, 0.1) is 0 Å². The Kier molecular flexibility index (Phi) is 3.97. The van der Waals surface area contributed by atoms with Gasteiger partial charge in [-0.1, -0.05) is 12.1 Å². The van der Waals surface area contributed by atoms with Crippen LogP contribution >= 0.6 is 11.3 Å². The van der Waals surface area contributed by atoms with Crippen molar-refractivity contribution < 1.29 is 17.9 Å². The first-order chi connectivity index (χ1) is 10.0. The lowest BCUT2D eigenvalue weighted by atomic mass is 10.1. The summed E-state index contributed by atoms with van der Waals surface area (Å²) in [6, 6.07) is 5.22. The summed E-state index contributed by atoms with van der Waals surface area (Å²) in [6.45, 7) is 2.10. The van der Waals surface area contributed by atoms with Gasteiger partial charge in [-0.2, -0.15) is 13.2 Å². The zero-order chi connectivity index (χ0) is 14.9. The number of aromatic nitrogens is 1. The highest BCUT2D eigenvalue weighted by Crippen LogP contribution is 2.33. The number of rotatable bonds is 2. The van der Waals surface area contributed by atoms with Crippen LogP contribution in [-0.2, 0) is 10.9 Å². The van der Waals surface area contributed by atoms with Gasteiger partial charge in [0.15, 0.2) is 0 Å². The molecule has 2 heterocycles. The number of hydrogen-bond acceptors (Lipinski definition) is 4. The molecule has 1 aliphatic heterocycles.